The second-order valence-electron chi connectivity index (χ2n) is 2.87. The molecular weight excluding hydrogens is 194 g/mol. The SMILES string of the molecule is c1ccc(SCCc2cn[nH]c2)nc1. The van der Waals surface area contributed by atoms with Crippen molar-refractivity contribution in [1.82, 2.24) is 15.2 Å². The molecule has 0 saturated carbocycles. The van der Waals surface area contributed by atoms with E-state index in [1.54, 1.807) is 11.8 Å². The van der Waals surface area contributed by atoms with Gasteiger partial charge < -0.3 is 0 Å². The minimum Gasteiger partial charge on any atom is -0.285 e. The van der Waals surface area contributed by atoms with Gasteiger partial charge >= 0.3 is 0 Å². The maximum Gasteiger partial charge on any atom is 0.0959 e. The molecule has 0 bridgehead atoms. The first-order valence-corrected chi connectivity index (χ1v) is 5.45. The Morgan fingerprint density at radius 3 is 3.07 bits per heavy atom. The van der Waals surface area contributed by atoms with Crippen LogP contribution in [0.25, 0.3) is 0 Å². The van der Waals surface area contributed by atoms with Crippen molar-refractivity contribution in [2.75, 3.05) is 5.75 Å². The molecule has 0 unspecified atom stereocenters. The highest BCUT2D eigenvalue weighted by atomic mass is 32.2. The monoisotopic (exact) mass is 205 g/mol. The summed E-state index contributed by atoms with van der Waals surface area (Å²) in [5.74, 6) is 1.04. The van der Waals surface area contributed by atoms with Gasteiger partial charge in [0.1, 0.15) is 0 Å². The number of thioether (sulfide) groups is 1. The largest absolute Gasteiger partial charge is 0.285 e. The number of hydrogen-bond acceptors (Lipinski definition) is 3. The minimum absolute atomic E-state index is 1.03. The number of H-pyrrole nitrogens is 1. The Hall–Kier alpha value is -1.29. The summed E-state index contributed by atoms with van der Waals surface area (Å²) >= 11 is 1.77. The maximum atomic E-state index is 4.24. The number of rotatable bonds is 4. The van der Waals surface area contributed by atoms with E-state index in [1.165, 1.54) is 5.56 Å². The number of hydrogen-bond donors (Lipinski definition) is 1. The summed E-state index contributed by atoms with van der Waals surface area (Å²) < 4.78 is 0. The molecule has 0 aromatic carbocycles. The van der Waals surface area contributed by atoms with Crippen LogP contribution in [0.5, 0.6) is 0 Å². The van der Waals surface area contributed by atoms with Crippen LogP contribution in [-0.4, -0.2) is 20.9 Å². The molecule has 0 aliphatic carbocycles. The number of aromatic nitrogens is 3. The lowest BCUT2D eigenvalue weighted by molar-refractivity contribution is 1.09. The summed E-state index contributed by atoms with van der Waals surface area (Å²) in [5.41, 5.74) is 1.24. The maximum absolute atomic E-state index is 4.24. The molecule has 14 heavy (non-hydrogen) atoms. The van der Waals surface area contributed by atoms with E-state index in [-0.39, 0.29) is 0 Å². The molecular formula is C10H11N3S. The molecule has 2 aromatic heterocycles. The van der Waals surface area contributed by atoms with Gasteiger partial charge in [-0.2, -0.15) is 5.10 Å². The summed E-state index contributed by atoms with van der Waals surface area (Å²) in [7, 11) is 0. The van der Waals surface area contributed by atoms with Crippen molar-refractivity contribution in [3.8, 4) is 0 Å². The topological polar surface area (TPSA) is 41.6 Å². The molecule has 0 aliphatic heterocycles. The summed E-state index contributed by atoms with van der Waals surface area (Å²) in [6.07, 6.45) is 6.63. The molecule has 3 nitrogen and oxygen atoms in total. The molecule has 0 radical (unpaired) electrons. The number of aryl methyl sites for hydroxylation is 1. The van der Waals surface area contributed by atoms with Crippen LogP contribution in [0.4, 0.5) is 0 Å². The summed E-state index contributed by atoms with van der Waals surface area (Å²) in [6.45, 7) is 0. The van der Waals surface area contributed by atoms with Crippen LogP contribution in [0.2, 0.25) is 0 Å². The zero-order valence-electron chi connectivity index (χ0n) is 7.68. The zero-order valence-corrected chi connectivity index (χ0v) is 8.50. The van der Waals surface area contributed by atoms with E-state index in [9.17, 15) is 0 Å². The molecule has 2 rings (SSSR count). The fourth-order valence-corrected chi connectivity index (χ4v) is 1.98. The van der Waals surface area contributed by atoms with Crippen LogP contribution in [0, 0.1) is 0 Å². The molecule has 0 saturated heterocycles. The highest BCUT2D eigenvalue weighted by molar-refractivity contribution is 7.99. The molecule has 0 amide bonds. The predicted molar refractivity (Wildman–Crippen MR) is 57.3 cm³/mol. The molecule has 0 spiro atoms. The molecule has 0 aliphatic rings. The second kappa shape index (κ2) is 4.81. The molecule has 4 heteroatoms. The van der Waals surface area contributed by atoms with E-state index in [0.717, 1.165) is 17.2 Å². The van der Waals surface area contributed by atoms with E-state index < -0.39 is 0 Å². The average Bonchev–Trinajstić information content (AvgIpc) is 2.72. The van der Waals surface area contributed by atoms with Gasteiger partial charge in [0.15, 0.2) is 0 Å². The van der Waals surface area contributed by atoms with Crippen LogP contribution in [0.15, 0.2) is 41.8 Å². The average molecular weight is 205 g/mol. The van der Waals surface area contributed by atoms with Gasteiger partial charge in [0.25, 0.3) is 0 Å². The van der Waals surface area contributed by atoms with E-state index in [4.69, 9.17) is 0 Å². The van der Waals surface area contributed by atoms with Crippen molar-refractivity contribution >= 4 is 11.8 Å². The van der Waals surface area contributed by atoms with Crippen LogP contribution in [0.1, 0.15) is 5.56 Å². The standard InChI is InChI=1S/C10H11N3S/c1-2-5-11-10(3-1)14-6-4-9-7-12-13-8-9/h1-3,5,7-8H,4,6H2,(H,12,13). The molecule has 2 aromatic rings. The van der Waals surface area contributed by atoms with Crippen molar-refractivity contribution < 1.29 is 0 Å². The van der Waals surface area contributed by atoms with Gasteiger partial charge in [-0.15, -0.1) is 11.8 Å². The third kappa shape index (κ3) is 2.60. The van der Waals surface area contributed by atoms with Crippen LogP contribution >= 0.6 is 11.8 Å². The normalized spacial score (nSPS) is 10.3. The van der Waals surface area contributed by atoms with Gasteiger partial charge in [0.2, 0.25) is 0 Å². The first-order chi connectivity index (χ1) is 6.95. The van der Waals surface area contributed by atoms with E-state index in [2.05, 4.69) is 15.2 Å². The van der Waals surface area contributed by atoms with Crippen molar-refractivity contribution in [1.29, 1.82) is 0 Å². The number of nitrogens with zero attached hydrogens (tertiary/aromatic N) is 2. The second-order valence-corrected chi connectivity index (χ2v) is 3.99. The van der Waals surface area contributed by atoms with E-state index in [1.807, 2.05) is 36.8 Å². The smallest absolute Gasteiger partial charge is 0.0959 e. The van der Waals surface area contributed by atoms with Crippen molar-refractivity contribution in [3.63, 3.8) is 0 Å². The first-order valence-electron chi connectivity index (χ1n) is 4.46. The zero-order chi connectivity index (χ0) is 9.64. The Morgan fingerprint density at radius 2 is 2.36 bits per heavy atom. The van der Waals surface area contributed by atoms with Crippen LogP contribution in [0.3, 0.4) is 0 Å². The summed E-state index contributed by atoms with van der Waals surface area (Å²) in [6, 6.07) is 5.97. The van der Waals surface area contributed by atoms with Gasteiger partial charge in [0, 0.05) is 18.1 Å². The minimum atomic E-state index is 1.03. The summed E-state index contributed by atoms with van der Waals surface area (Å²) in [5, 5.41) is 7.78. The molecule has 0 fully saturated rings. The van der Waals surface area contributed by atoms with Crippen molar-refractivity contribution in [3.05, 3.63) is 42.4 Å². The van der Waals surface area contributed by atoms with Gasteiger partial charge in [-0.1, -0.05) is 6.07 Å². The molecule has 0 atom stereocenters. The number of nitrogens with one attached hydrogen (secondary N) is 1. The van der Waals surface area contributed by atoms with Gasteiger partial charge in [0.05, 0.1) is 11.2 Å². The van der Waals surface area contributed by atoms with E-state index >= 15 is 0 Å². The van der Waals surface area contributed by atoms with Gasteiger partial charge in [-0.25, -0.2) is 4.98 Å². The first kappa shape index (κ1) is 9.27. The van der Waals surface area contributed by atoms with Crippen molar-refractivity contribution in [2.45, 2.75) is 11.4 Å². The number of pyridine rings is 1. The Bertz CT molecular complexity index is 358. The highest BCUT2D eigenvalue weighted by Crippen LogP contribution is 2.15. The summed E-state index contributed by atoms with van der Waals surface area (Å²) in [4.78, 5) is 4.24. The fourth-order valence-electron chi connectivity index (χ4n) is 1.12. The number of aromatic amines is 1. The van der Waals surface area contributed by atoms with Gasteiger partial charge in [-0.3, -0.25) is 5.10 Å². The fraction of sp³-hybridized carbons (Fsp3) is 0.200. The lowest BCUT2D eigenvalue weighted by Gasteiger charge is -1.97. The molecule has 1 N–H and O–H groups in total. The third-order valence-corrected chi connectivity index (χ3v) is 2.78. The lowest BCUT2D eigenvalue weighted by Crippen LogP contribution is -1.86. The van der Waals surface area contributed by atoms with E-state index in [0.29, 0.717) is 0 Å². The lowest BCUT2D eigenvalue weighted by atomic mass is 10.3. The quantitative estimate of drug-likeness (QED) is 0.777. The van der Waals surface area contributed by atoms with Crippen molar-refractivity contribution in [2.24, 2.45) is 0 Å². The Kier molecular flexibility index (Phi) is 3.19. The van der Waals surface area contributed by atoms with Gasteiger partial charge in [-0.05, 0) is 24.1 Å². The third-order valence-electron chi connectivity index (χ3n) is 1.83. The predicted octanol–water partition coefficient (Wildman–Crippen LogP) is 2.14. The van der Waals surface area contributed by atoms with Crippen LogP contribution in [-0.2, 0) is 6.42 Å². The molecule has 2 heterocycles. The van der Waals surface area contributed by atoms with Crippen LogP contribution < -0.4 is 0 Å². The Balaban J connectivity index is 1.79. The Labute approximate surface area is 87.0 Å². The molecule has 72 valence electrons. The Morgan fingerprint density at radius 1 is 1.36 bits per heavy atom. The highest BCUT2D eigenvalue weighted by Gasteiger charge is 1.96.